The molecule has 0 aromatic rings. The van der Waals surface area contributed by atoms with Crippen LogP contribution in [0.5, 0.6) is 0 Å². The zero-order chi connectivity index (χ0) is 11.7. The zero-order valence-electron chi connectivity index (χ0n) is 10.2. The third-order valence-corrected chi connectivity index (χ3v) is 3.51. The lowest BCUT2D eigenvalue weighted by Gasteiger charge is -2.09. The Labute approximate surface area is 102 Å². The summed E-state index contributed by atoms with van der Waals surface area (Å²) in [5, 5.41) is 4.01. The van der Waals surface area contributed by atoms with Crippen molar-refractivity contribution < 1.29 is 4.79 Å². The van der Waals surface area contributed by atoms with Crippen molar-refractivity contribution in [1.29, 1.82) is 0 Å². The van der Waals surface area contributed by atoms with Crippen molar-refractivity contribution in [3.05, 3.63) is 0 Å². The van der Waals surface area contributed by atoms with Crippen LogP contribution in [0.25, 0.3) is 0 Å². The van der Waals surface area contributed by atoms with Crippen LogP contribution in [0.4, 0.5) is 0 Å². The molecular weight excluding hydrogens is 254 g/mol. The number of rotatable bonds is 8. The maximum Gasteiger partial charge on any atom is 0.220 e. The molecule has 0 radical (unpaired) electrons. The number of carbonyl (C=O) groups excluding carboxylic acids is 1. The largest absolute Gasteiger partial charge is 0.356 e. The van der Waals surface area contributed by atoms with Crippen molar-refractivity contribution in [2.24, 2.45) is 11.8 Å². The Bertz CT molecular complexity index is 171. The van der Waals surface area contributed by atoms with Gasteiger partial charge in [-0.05, 0) is 31.1 Å². The van der Waals surface area contributed by atoms with Crippen molar-refractivity contribution in [2.45, 2.75) is 46.5 Å². The molecule has 0 heterocycles. The van der Waals surface area contributed by atoms with Crippen molar-refractivity contribution in [3.63, 3.8) is 0 Å². The molecule has 0 aliphatic rings. The molecule has 0 aromatic carbocycles. The monoisotopic (exact) mass is 277 g/mol. The third-order valence-electron chi connectivity index (χ3n) is 2.41. The summed E-state index contributed by atoms with van der Waals surface area (Å²) in [4.78, 5) is 11.3. The summed E-state index contributed by atoms with van der Waals surface area (Å²) in [5.41, 5.74) is 0. The molecule has 1 amide bonds. The number of alkyl halides is 1. The number of hydrogen-bond acceptors (Lipinski definition) is 1. The second kappa shape index (κ2) is 9.20. The van der Waals surface area contributed by atoms with Gasteiger partial charge in [-0.1, -0.05) is 36.7 Å². The third kappa shape index (κ3) is 10.2. The van der Waals surface area contributed by atoms with Crippen molar-refractivity contribution >= 4 is 21.8 Å². The maximum absolute atomic E-state index is 11.3. The van der Waals surface area contributed by atoms with Crippen LogP contribution in [-0.2, 0) is 4.79 Å². The molecule has 0 rings (SSSR count). The molecule has 15 heavy (non-hydrogen) atoms. The zero-order valence-corrected chi connectivity index (χ0v) is 11.8. The van der Waals surface area contributed by atoms with Gasteiger partial charge in [-0.15, -0.1) is 0 Å². The maximum atomic E-state index is 11.3. The topological polar surface area (TPSA) is 29.1 Å². The van der Waals surface area contributed by atoms with Gasteiger partial charge in [0.15, 0.2) is 0 Å². The van der Waals surface area contributed by atoms with Gasteiger partial charge in [0.25, 0.3) is 0 Å². The highest BCUT2D eigenvalue weighted by molar-refractivity contribution is 9.09. The van der Waals surface area contributed by atoms with E-state index in [1.54, 1.807) is 0 Å². The van der Waals surface area contributed by atoms with Crippen molar-refractivity contribution in [2.75, 3.05) is 11.9 Å². The van der Waals surface area contributed by atoms with Gasteiger partial charge in [0.2, 0.25) is 5.91 Å². The Balaban J connectivity index is 3.31. The standard InChI is InChI=1S/C12H24BrNO/c1-10(2)6-7-12(15)14-8-4-5-11(3)9-13/h10-11H,4-9H2,1-3H3,(H,14,15). The normalized spacial score (nSPS) is 12.9. The first-order chi connectivity index (χ1) is 7.06. The van der Waals surface area contributed by atoms with E-state index in [0.29, 0.717) is 18.3 Å². The summed E-state index contributed by atoms with van der Waals surface area (Å²) < 4.78 is 0. The Morgan fingerprint density at radius 3 is 2.47 bits per heavy atom. The molecule has 2 nitrogen and oxygen atoms in total. The summed E-state index contributed by atoms with van der Waals surface area (Å²) in [7, 11) is 0. The quantitative estimate of drug-likeness (QED) is 0.535. The molecule has 1 N–H and O–H groups in total. The molecule has 0 aliphatic carbocycles. The smallest absolute Gasteiger partial charge is 0.220 e. The fraction of sp³-hybridized carbons (Fsp3) is 0.917. The van der Waals surface area contributed by atoms with Crippen LogP contribution in [0.2, 0.25) is 0 Å². The lowest BCUT2D eigenvalue weighted by molar-refractivity contribution is -0.121. The van der Waals surface area contributed by atoms with Crippen LogP contribution < -0.4 is 5.32 Å². The highest BCUT2D eigenvalue weighted by atomic mass is 79.9. The van der Waals surface area contributed by atoms with Crippen molar-refractivity contribution in [1.82, 2.24) is 5.32 Å². The first kappa shape index (κ1) is 14.9. The molecule has 0 saturated carbocycles. The van der Waals surface area contributed by atoms with Crippen LogP contribution in [-0.4, -0.2) is 17.8 Å². The minimum absolute atomic E-state index is 0.204. The van der Waals surface area contributed by atoms with E-state index in [1.165, 1.54) is 6.42 Å². The van der Waals surface area contributed by atoms with Gasteiger partial charge in [-0.3, -0.25) is 4.79 Å². The van der Waals surface area contributed by atoms with Gasteiger partial charge in [0, 0.05) is 18.3 Å². The van der Waals surface area contributed by atoms with Crippen molar-refractivity contribution in [3.8, 4) is 0 Å². The van der Waals surface area contributed by atoms with E-state index in [4.69, 9.17) is 0 Å². The molecule has 90 valence electrons. The van der Waals surface area contributed by atoms with E-state index in [9.17, 15) is 4.79 Å². The minimum Gasteiger partial charge on any atom is -0.356 e. The fourth-order valence-electron chi connectivity index (χ4n) is 1.26. The number of halogens is 1. The SMILES string of the molecule is CC(C)CCC(=O)NCCCC(C)CBr. The van der Waals surface area contributed by atoms with E-state index in [2.05, 4.69) is 42.0 Å². The van der Waals surface area contributed by atoms with Gasteiger partial charge in [0.1, 0.15) is 0 Å². The van der Waals surface area contributed by atoms with E-state index < -0.39 is 0 Å². The number of amides is 1. The second-order valence-corrected chi connectivity index (χ2v) is 5.33. The van der Waals surface area contributed by atoms with Crippen LogP contribution in [0, 0.1) is 11.8 Å². The predicted molar refractivity (Wildman–Crippen MR) is 69.3 cm³/mol. The second-order valence-electron chi connectivity index (χ2n) is 4.68. The van der Waals surface area contributed by atoms with E-state index in [1.807, 2.05) is 0 Å². The van der Waals surface area contributed by atoms with E-state index >= 15 is 0 Å². The Morgan fingerprint density at radius 1 is 1.27 bits per heavy atom. The summed E-state index contributed by atoms with van der Waals surface area (Å²) in [6.07, 6.45) is 3.92. The highest BCUT2D eigenvalue weighted by Crippen LogP contribution is 2.07. The molecule has 0 bridgehead atoms. The Morgan fingerprint density at radius 2 is 1.93 bits per heavy atom. The molecular formula is C12H24BrNO. The summed E-state index contributed by atoms with van der Waals surface area (Å²) in [6.45, 7) is 7.33. The Kier molecular flexibility index (Phi) is 9.17. The molecule has 3 heteroatoms. The van der Waals surface area contributed by atoms with E-state index in [0.717, 1.165) is 24.7 Å². The number of carbonyl (C=O) groups is 1. The van der Waals surface area contributed by atoms with Gasteiger partial charge in [-0.25, -0.2) is 0 Å². The summed E-state index contributed by atoms with van der Waals surface area (Å²) in [6, 6.07) is 0. The molecule has 1 atom stereocenters. The predicted octanol–water partition coefficient (Wildman–Crippen LogP) is 3.35. The molecule has 0 spiro atoms. The lowest BCUT2D eigenvalue weighted by Crippen LogP contribution is -2.24. The summed E-state index contributed by atoms with van der Waals surface area (Å²) >= 11 is 3.45. The fourth-order valence-corrected chi connectivity index (χ4v) is 1.59. The van der Waals surface area contributed by atoms with Gasteiger partial charge in [0.05, 0.1) is 0 Å². The van der Waals surface area contributed by atoms with Crippen LogP contribution in [0.1, 0.15) is 46.5 Å². The average Bonchev–Trinajstić information content (AvgIpc) is 2.21. The molecule has 0 aromatic heterocycles. The number of nitrogens with one attached hydrogen (secondary N) is 1. The molecule has 1 unspecified atom stereocenters. The van der Waals surface area contributed by atoms with Gasteiger partial charge < -0.3 is 5.32 Å². The minimum atomic E-state index is 0.204. The molecule has 0 aliphatic heterocycles. The first-order valence-corrected chi connectivity index (χ1v) is 7.01. The molecule has 0 saturated heterocycles. The van der Waals surface area contributed by atoms with Crippen LogP contribution in [0.15, 0.2) is 0 Å². The van der Waals surface area contributed by atoms with Gasteiger partial charge in [-0.2, -0.15) is 0 Å². The number of hydrogen-bond donors (Lipinski definition) is 1. The average molecular weight is 278 g/mol. The molecule has 0 fully saturated rings. The summed E-state index contributed by atoms with van der Waals surface area (Å²) in [5.74, 6) is 1.52. The first-order valence-electron chi connectivity index (χ1n) is 5.89. The van der Waals surface area contributed by atoms with Gasteiger partial charge >= 0.3 is 0 Å². The van der Waals surface area contributed by atoms with Crippen LogP contribution >= 0.6 is 15.9 Å². The van der Waals surface area contributed by atoms with Crippen LogP contribution in [0.3, 0.4) is 0 Å². The Hall–Kier alpha value is -0.0500. The highest BCUT2D eigenvalue weighted by Gasteiger charge is 2.03. The van der Waals surface area contributed by atoms with E-state index in [-0.39, 0.29) is 5.91 Å². The lowest BCUT2D eigenvalue weighted by atomic mass is 10.1.